The monoisotopic (exact) mass is 411 g/mol. The number of hydrogen-bond acceptors (Lipinski definition) is 4. The van der Waals surface area contributed by atoms with Gasteiger partial charge in [-0.1, -0.05) is 30.3 Å². The number of nitrogens with one attached hydrogen (secondary N) is 1. The SMILES string of the molecule is CNCc1cccc(-c2ccc3c(c2)C=CN(C2CCN(CS(=O)O)CC2)C3)c1. The molecule has 154 valence electrons. The van der Waals surface area contributed by atoms with E-state index in [0.717, 1.165) is 39.0 Å². The number of likely N-dealkylation sites (tertiary alicyclic amines) is 1. The third-order valence-electron chi connectivity index (χ3n) is 5.90. The highest BCUT2D eigenvalue weighted by atomic mass is 32.2. The molecule has 0 amide bonds. The van der Waals surface area contributed by atoms with Crippen LogP contribution in [0, 0.1) is 0 Å². The Morgan fingerprint density at radius 1 is 1.14 bits per heavy atom. The van der Waals surface area contributed by atoms with Crippen LogP contribution in [0.2, 0.25) is 0 Å². The average Bonchev–Trinajstić information content (AvgIpc) is 2.74. The molecule has 29 heavy (non-hydrogen) atoms. The predicted molar refractivity (Wildman–Crippen MR) is 119 cm³/mol. The fraction of sp³-hybridized carbons (Fsp3) is 0.391. The van der Waals surface area contributed by atoms with Crippen LogP contribution in [-0.4, -0.2) is 50.6 Å². The molecule has 0 bridgehead atoms. The number of benzene rings is 2. The molecular formula is C23H29N3O2S. The first kappa shape index (κ1) is 20.3. The lowest BCUT2D eigenvalue weighted by atomic mass is 9.95. The molecule has 2 aromatic carbocycles. The maximum atomic E-state index is 11.0. The lowest BCUT2D eigenvalue weighted by Crippen LogP contribution is -2.44. The summed E-state index contributed by atoms with van der Waals surface area (Å²) in [5.74, 6) is 0.268. The highest BCUT2D eigenvalue weighted by Gasteiger charge is 2.25. The summed E-state index contributed by atoms with van der Waals surface area (Å²) < 4.78 is 20.1. The normalized spacial score (nSPS) is 18.6. The third kappa shape index (κ3) is 4.95. The number of fused-ring (bicyclic) bond motifs is 1. The molecule has 5 nitrogen and oxygen atoms in total. The van der Waals surface area contributed by atoms with Crippen molar-refractivity contribution in [3.05, 3.63) is 65.4 Å². The molecule has 0 radical (unpaired) electrons. The van der Waals surface area contributed by atoms with Gasteiger partial charge in [0.05, 0.1) is 0 Å². The van der Waals surface area contributed by atoms with E-state index in [1.165, 1.54) is 27.8 Å². The predicted octanol–water partition coefficient (Wildman–Crippen LogP) is 3.50. The van der Waals surface area contributed by atoms with E-state index in [-0.39, 0.29) is 5.88 Å². The summed E-state index contributed by atoms with van der Waals surface area (Å²) in [4.78, 5) is 4.52. The summed E-state index contributed by atoms with van der Waals surface area (Å²) in [6.07, 6.45) is 6.53. The van der Waals surface area contributed by atoms with Crippen molar-refractivity contribution in [3.8, 4) is 11.1 Å². The third-order valence-corrected chi connectivity index (χ3v) is 6.49. The Hall–Kier alpha value is -1.99. The van der Waals surface area contributed by atoms with Crippen LogP contribution in [0.4, 0.5) is 0 Å². The topological polar surface area (TPSA) is 55.8 Å². The summed E-state index contributed by atoms with van der Waals surface area (Å²) in [5, 5.41) is 3.21. The van der Waals surface area contributed by atoms with Gasteiger partial charge >= 0.3 is 0 Å². The van der Waals surface area contributed by atoms with Crippen LogP contribution in [0.25, 0.3) is 17.2 Å². The van der Waals surface area contributed by atoms with Gasteiger partial charge in [0.15, 0.2) is 11.1 Å². The molecule has 1 unspecified atom stereocenters. The summed E-state index contributed by atoms with van der Waals surface area (Å²) in [5.41, 5.74) is 6.46. The smallest absolute Gasteiger partial charge is 0.167 e. The lowest BCUT2D eigenvalue weighted by molar-refractivity contribution is 0.150. The standard InChI is InChI=1S/C23H29N3O2S/c1-24-15-18-3-2-4-19(13-18)20-5-6-22-16-26(12-7-21(22)14-20)23-8-10-25(11-9-23)17-29(27)28/h2-7,12-14,23-24H,8-11,15-17H2,1H3,(H,27,28). The van der Waals surface area contributed by atoms with Crippen LogP contribution >= 0.6 is 0 Å². The summed E-state index contributed by atoms with van der Waals surface area (Å²) >= 11 is -1.74. The molecule has 6 heteroatoms. The Kier molecular flexibility index (Phi) is 6.45. The van der Waals surface area contributed by atoms with Crippen molar-refractivity contribution < 1.29 is 8.76 Å². The number of hydrogen-bond donors (Lipinski definition) is 2. The number of rotatable bonds is 6. The van der Waals surface area contributed by atoms with Gasteiger partial charge in [-0.2, -0.15) is 0 Å². The van der Waals surface area contributed by atoms with E-state index in [4.69, 9.17) is 4.55 Å². The fourth-order valence-corrected chi connectivity index (χ4v) is 4.92. The molecule has 0 aromatic heterocycles. The first-order valence-electron chi connectivity index (χ1n) is 10.2. The second-order valence-electron chi connectivity index (χ2n) is 7.93. The van der Waals surface area contributed by atoms with Gasteiger partial charge in [0.1, 0.15) is 5.88 Å². The minimum absolute atomic E-state index is 0.268. The molecular weight excluding hydrogens is 382 g/mol. The van der Waals surface area contributed by atoms with Crippen LogP contribution in [0.15, 0.2) is 48.7 Å². The van der Waals surface area contributed by atoms with Gasteiger partial charge in [0, 0.05) is 38.4 Å². The summed E-state index contributed by atoms with van der Waals surface area (Å²) in [6.45, 7) is 3.58. The molecule has 0 saturated carbocycles. The Morgan fingerprint density at radius 3 is 2.69 bits per heavy atom. The van der Waals surface area contributed by atoms with Crippen molar-refractivity contribution in [1.82, 2.24) is 15.1 Å². The van der Waals surface area contributed by atoms with Gasteiger partial charge in [-0.15, -0.1) is 0 Å². The van der Waals surface area contributed by atoms with Crippen LogP contribution in [0.1, 0.15) is 29.5 Å². The molecule has 2 N–H and O–H groups in total. The molecule has 2 aromatic rings. The molecule has 1 atom stereocenters. The van der Waals surface area contributed by atoms with E-state index in [1.54, 1.807) is 0 Å². The molecule has 2 aliphatic rings. The second-order valence-corrected chi connectivity index (χ2v) is 8.83. The highest BCUT2D eigenvalue weighted by molar-refractivity contribution is 7.79. The van der Waals surface area contributed by atoms with E-state index in [9.17, 15) is 4.21 Å². The maximum Gasteiger partial charge on any atom is 0.167 e. The molecule has 0 spiro atoms. The van der Waals surface area contributed by atoms with Gasteiger partial charge < -0.3 is 14.8 Å². The number of nitrogens with zero attached hydrogens (tertiary/aromatic N) is 2. The molecule has 2 aliphatic heterocycles. The number of piperidine rings is 1. The van der Waals surface area contributed by atoms with Gasteiger partial charge in [0.2, 0.25) is 0 Å². The van der Waals surface area contributed by atoms with Crippen molar-refractivity contribution in [2.24, 2.45) is 0 Å². The molecule has 1 saturated heterocycles. The largest absolute Gasteiger partial charge is 0.370 e. The van der Waals surface area contributed by atoms with Crippen molar-refractivity contribution in [2.45, 2.75) is 32.0 Å². The fourth-order valence-electron chi connectivity index (χ4n) is 4.35. The molecule has 2 heterocycles. The average molecular weight is 412 g/mol. The van der Waals surface area contributed by atoms with E-state index in [2.05, 4.69) is 69.9 Å². The van der Waals surface area contributed by atoms with Crippen LogP contribution in [0.5, 0.6) is 0 Å². The highest BCUT2D eigenvalue weighted by Crippen LogP contribution is 2.29. The van der Waals surface area contributed by atoms with E-state index in [1.807, 2.05) is 7.05 Å². The Morgan fingerprint density at radius 2 is 1.93 bits per heavy atom. The van der Waals surface area contributed by atoms with Gasteiger partial charge in [-0.25, -0.2) is 4.21 Å². The first-order chi connectivity index (χ1) is 14.1. The summed E-state index contributed by atoms with van der Waals surface area (Å²) in [6, 6.07) is 16.0. The Bertz CT molecular complexity index is 907. The lowest BCUT2D eigenvalue weighted by Gasteiger charge is -2.39. The molecule has 4 rings (SSSR count). The van der Waals surface area contributed by atoms with Gasteiger partial charge in [0.25, 0.3) is 0 Å². The Labute approximate surface area is 175 Å². The van der Waals surface area contributed by atoms with E-state index >= 15 is 0 Å². The Balaban J connectivity index is 1.43. The van der Waals surface area contributed by atoms with Crippen LogP contribution in [-0.2, 0) is 24.2 Å². The van der Waals surface area contributed by atoms with Crippen LogP contribution < -0.4 is 5.32 Å². The van der Waals surface area contributed by atoms with Gasteiger partial charge in [-0.3, -0.25) is 4.90 Å². The van der Waals surface area contributed by atoms with Crippen molar-refractivity contribution in [1.29, 1.82) is 0 Å². The van der Waals surface area contributed by atoms with E-state index < -0.39 is 11.1 Å². The zero-order valence-corrected chi connectivity index (χ0v) is 17.7. The maximum absolute atomic E-state index is 11.0. The zero-order chi connectivity index (χ0) is 20.2. The zero-order valence-electron chi connectivity index (χ0n) is 16.9. The summed E-state index contributed by atoms with van der Waals surface area (Å²) in [7, 11) is 1.97. The first-order valence-corrected chi connectivity index (χ1v) is 11.5. The minimum Gasteiger partial charge on any atom is -0.370 e. The van der Waals surface area contributed by atoms with E-state index in [0.29, 0.717) is 6.04 Å². The second kappa shape index (κ2) is 9.22. The quantitative estimate of drug-likeness (QED) is 0.713. The molecule has 1 fully saturated rings. The van der Waals surface area contributed by atoms with Crippen molar-refractivity contribution in [2.75, 3.05) is 26.0 Å². The van der Waals surface area contributed by atoms with Gasteiger partial charge in [-0.05, 0) is 65.9 Å². The van der Waals surface area contributed by atoms with Crippen molar-refractivity contribution >= 4 is 17.2 Å². The minimum atomic E-state index is -1.74. The molecule has 0 aliphatic carbocycles. The van der Waals surface area contributed by atoms with Crippen molar-refractivity contribution in [3.63, 3.8) is 0 Å². The van der Waals surface area contributed by atoms with Crippen LogP contribution in [0.3, 0.4) is 0 Å².